The van der Waals surface area contributed by atoms with Crippen molar-refractivity contribution in [1.82, 2.24) is 0 Å². The van der Waals surface area contributed by atoms with E-state index in [1.807, 2.05) is 36.4 Å². The quantitative estimate of drug-likeness (QED) is 0.568. The van der Waals surface area contributed by atoms with Crippen LogP contribution in [-0.4, -0.2) is 23.6 Å². The lowest BCUT2D eigenvalue weighted by Gasteiger charge is -2.13. The van der Waals surface area contributed by atoms with Crippen molar-refractivity contribution in [2.75, 3.05) is 17.7 Å². The number of halogens is 2. The van der Waals surface area contributed by atoms with Crippen molar-refractivity contribution in [3.05, 3.63) is 59.1 Å². The number of hydrogen-bond donors (Lipinski definition) is 2. The van der Waals surface area contributed by atoms with Gasteiger partial charge in [-0.05, 0) is 29.8 Å². The fourth-order valence-electron chi connectivity index (χ4n) is 1.81. The normalized spacial score (nSPS) is 12.1. The number of thioether (sulfide) groups is 1. The molecule has 112 valence electrons. The van der Waals surface area contributed by atoms with E-state index >= 15 is 0 Å². The average molecular weight is 342 g/mol. The zero-order valence-corrected chi connectivity index (χ0v) is 13.8. The van der Waals surface area contributed by atoms with Crippen LogP contribution < -0.4 is 5.32 Å². The Morgan fingerprint density at radius 3 is 2.71 bits per heavy atom. The number of para-hydroxylation sites is 1. The number of rotatable bonds is 7. The second kappa shape index (κ2) is 8.54. The Balaban J connectivity index is 1.99. The molecule has 0 saturated heterocycles. The molecular formula is C16H17Cl2NOS. The summed E-state index contributed by atoms with van der Waals surface area (Å²) < 4.78 is 0. The largest absolute Gasteiger partial charge is 0.390 e. The smallest absolute Gasteiger partial charge is 0.0847 e. The van der Waals surface area contributed by atoms with Gasteiger partial charge in [-0.2, -0.15) is 0 Å². The van der Waals surface area contributed by atoms with E-state index in [-0.39, 0.29) is 5.88 Å². The molecule has 5 heteroatoms. The van der Waals surface area contributed by atoms with Gasteiger partial charge >= 0.3 is 0 Å². The van der Waals surface area contributed by atoms with Gasteiger partial charge in [-0.1, -0.05) is 35.9 Å². The summed E-state index contributed by atoms with van der Waals surface area (Å²) in [4.78, 5) is 1.14. The monoisotopic (exact) mass is 341 g/mol. The van der Waals surface area contributed by atoms with E-state index in [1.165, 1.54) is 5.56 Å². The molecule has 0 aliphatic rings. The third kappa shape index (κ3) is 5.44. The maximum absolute atomic E-state index is 9.53. The molecular weight excluding hydrogens is 325 g/mol. The van der Waals surface area contributed by atoms with E-state index in [2.05, 4.69) is 17.4 Å². The summed E-state index contributed by atoms with van der Waals surface area (Å²) in [5.41, 5.74) is 2.19. The zero-order chi connectivity index (χ0) is 15.1. The number of anilines is 1. The summed E-state index contributed by atoms with van der Waals surface area (Å²) in [5.74, 6) is 1.07. The molecule has 0 spiro atoms. The molecule has 0 amide bonds. The lowest BCUT2D eigenvalue weighted by molar-refractivity contribution is 0.211. The third-order valence-electron chi connectivity index (χ3n) is 2.88. The van der Waals surface area contributed by atoms with Crippen LogP contribution in [0.3, 0.4) is 0 Å². The van der Waals surface area contributed by atoms with Crippen molar-refractivity contribution in [3.8, 4) is 0 Å². The van der Waals surface area contributed by atoms with Gasteiger partial charge in [0.05, 0.1) is 12.0 Å². The summed E-state index contributed by atoms with van der Waals surface area (Å²) in [6.07, 6.45) is -0.544. The summed E-state index contributed by atoms with van der Waals surface area (Å²) >= 11 is 13.3. The topological polar surface area (TPSA) is 32.3 Å². The minimum Gasteiger partial charge on any atom is -0.390 e. The Morgan fingerprint density at radius 1 is 1.14 bits per heavy atom. The van der Waals surface area contributed by atoms with E-state index in [4.69, 9.17) is 23.2 Å². The predicted octanol–water partition coefficient (Wildman–Crippen LogP) is 4.64. The summed E-state index contributed by atoms with van der Waals surface area (Å²) in [5, 5.41) is 13.5. The first-order valence-electron chi connectivity index (χ1n) is 6.63. The maximum Gasteiger partial charge on any atom is 0.0847 e. The maximum atomic E-state index is 9.53. The highest BCUT2D eigenvalue weighted by Crippen LogP contribution is 2.30. The molecule has 2 aromatic rings. The molecule has 0 heterocycles. The van der Waals surface area contributed by atoms with E-state index in [1.54, 1.807) is 11.8 Å². The zero-order valence-electron chi connectivity index (χ0n) is 11.4. The number of aliphatic hydroxyl groups is 1. The van der Waals surface area contributed by atoms with E-state index in [0.717, 1.165) is 21.4 Å². The molecule has 0 aliphatic carbocycles. The Bertz CT molecular complexity index is 580. The number of alkyl halides is 1. The molecule has 1 atom stereocenters. The van der Waals surface area contributed by atoms with Gasteiger partial charge in [-0.25, -0.2) is 0 Å². The SMILES string of the molecule is OC(CCl)CNc1ccccc1SCc1cccc(Cl)c1. The van der Waals surface area contributed by atoms with Gasteiger partial charge in [-0.15, -0.1) is 23.4 Å². The Morgan fingerprint density at radius 2 is 1.95 bits per heavy atom. The van der Waals surface area contributed by atoms with Gasteiger partial charge in [-0.3, -0.25) is 0 Å². The minimum absolute atomic E-state index is 0.227. The Labute approximate surface area is 139 Å². The lowest BCUT2D eigenvalue weighted by Crippen LogP contribution is -2.20. The molecule has 1 unspecified atom stereocenters. The first-order valence-corrected chi connectivity index (χ1v) is 8.53. The number of hydrogen-bond acceptors (Lipinski definition) is 3. The molecule has 0 aromatic heterocycles. The average Bonchev–Trinajstić information content (AvgIpc) is 2.51. The van der Waals surface area contributed by atoms with Gasteiger partial charge in [0.1, 0.15) is 0 Å². The molecule has 2 N–H and O–H groups in total. The summed E-state index contributed by atoms with van der Waals surface area (Å²) in [6, 6.07) is 15.9. The fraction of sp³-hybridized carbons (Fsp3) is 0.250. The standard InChI is InChI=1S/C16H17Cl2NOS/c17-9-14(20)10-19-15-6-1-2-7-16(15)21-11-12-4-3-5-13(18)8-12/h1-8,14,19-20H,9-11H2. The molecule has 0 bridgehead atoms. The second-order valence-electron chi connectivity index (χ2n) is 4.60. The van der Waals surface area contributed by atoms with Crippen LogP contribution in [0.1, 0.15) is 5.56 Å². The molecule has 2 aromatic carbocycles. The summed E-state index contributed by atoms with van der Waals surface area (Å²) in [7, 11) is 0. The first-order chi connectivity index (χ1) is 10.2. The molecule has 0 saturated carbocycles. The molecule has 0 fully saturated rings. The molecule has 0 radical (unpaired) electrons. The highest BCUT2D eigenvalue weighted by Gasteiger charge is 2.06. The van der Waals surface area contributed by atoms with Crippen LogP contribution >= 0.6 is 35.0 Å². The van der Waals surface area contributed by atoms with Crippen LogP contribution in [0, 0.1) is 0 Å². The van der Waals surface area contributed by atoms with Gasteiger partial charge in [0, 0.05) is 27.9 Å². The van der Waals surface area contributed by atoms with E-state index in [0.29, 0.717) is 6.54 Å². The van der Waals surface area contributed by atoms with Gasteiger partial charge in [0.2, 0.25) is 0 Å². The van der Waals surface area contributed by atoms with Gasteiger partial charge in [0.15, 0.2) is 0 Å². The number of benzene rings is 2. The van der Waals surface area contributed by atoms with Crippen molar-refractivity contribution in [3.63, 3.8) is 0 Å². The number of nitrogens with one attached hydrogen (secondary N) is 1. The van der Waals surface area contributed by atoms with Crippen LogP contribution in [0.5, 0.6) is 0 Å². The Hall–Kier alpha value is -0.870. The highest BCUT2D eigenvalue weighted by molar-refractivity contribution is 7.98. The minimum atomic E-state index is -0.544. The van der Waals surface area contributed by atoms with Crippen molar-refractivity contribution in [2.24, 2.45) is 0 Å². The molecule has 2 nitrogen and oxygen atoms in total. The molecule has 0 aliphatic heterocycles. The van der Waals surface area contributed by atoms with E-state index < -0.39 is 6.10 Å². The van der Waals surface area contributed by atoms with Crippen LogP contribution in [0.2, 0.25) is 5.02 Å². The molecule has 2 rings (SSSR count). The first kappa shape index (κ1) is 16.5. The predicted molar refractivity (Wildman–Crippen MR) is 92.7 cm³/mol. The fourth-order valence-corrected chi connectivity index (χ4v) is 3.10. The van der Waals surface area contributed by atoms with Crippen LogP contribution in [0.15, 0.2) is 53.4 Å². The lowest BCUT2D eigenvalue weighted by atomic mass is 10.2. The van der Waals surface area contributed by atoms with Crippen molar-refractivity contribution >= 4 is 40.7 Å². The van der Waals surface area contributed by atoms with Crippen LogP contribution in [0.25, 0.3) is 0 Å². The van der Waals surface area contributed by atoms with Crippen molar-refractivity contribution in [2.45, 2.75) is 16.8 Å². The number of aliphatic hydroxyl groups excluding tert-OH is 1. The second-order valence-corrected chi connectivity index (χ2v) is 6.37. The van der Waals surface area contributed by atoms with Crippen LogP contribution in [-0.2, 0) is 5.75 Å². The van der Waals surface area contributed by atoms with Gasteiger partial charge in [0.25, 0.3) is 0 Å². The van der Waals surface area contributed by atoms with Gasteiger partial charge < -0.3 is 10.4 Å². The summed E-state index contributed by atoms with van der Waals surface area (Å²) in [6.45, 7) is 0.443. The van der Waals surface area contributed by atoms with E-state index in [9.17, 15) is 5.11 Å². The van der Waals surface area contributed by atoms with Crippen molar-refractivity contribution in [1.29, 1.82) is 0 Å². The molecule has 21 heavy (non-hydrogen) atoms. The van der Waals surface area contributed by atoms with Crippen LogP contribution in [0.4, 0.5) is 5.69 Å². The third-order valence-corrected chi connectivity index (χ3v) is 4.61. The Kier molecular flexibility index (Phi) is 6.71. The highest BCUT2D eigenvalue weighted by atomic mass is 35.5. The van der Waals surface area contributed by atoms with Crippen molar-refractivity contribution < 1.29 is 5.11 Å².